The van der Waals surface area contributed by atoms with E-state index in [2.05, 4.69) is 20.6 Å². The lowest BCUT2D eigenvalue weighted by Crippen LogP contribution is -2.14. The minimum absolute atomic E-state index is 0.0557. The number of ether oxygens (including phenoxy) is 1. The fraction of sp³-hybridized carbons (Fsp3) is 0.636. The number of aliphatic hydroxyl groups is 1. The summed E-state index contributed by atoms with van der Waals surface area (Å²) in [5.41, 5.74) is -1.00. The van der Waals surface area contributed by atoms with E-state index < -0.39 is 11.9 Å². The lowest BCUT2D eigenvalue weighted by atomic mass is 10.3. The van der Waals surface area contributed by atoms with E-state index in [1.165, 1.54) is 7.05 Å². The van der Waals surface area contributed by atoms with E-state index in [1.807, 2.05) is 0 Å². The summed E-state index contributed by atoms with van der Waals surface area (Å²) in [4.78, 5) is 7.24. The summed E-state index contributed by atoms with van der Waals surface area (Å²) in [7, 11) is 1.45. The molecule has 0 radical (unpaired) electrons. The fourth-order valence-electron chi connectivity index (χ4n) is 1.35. The molecule has 0 aliphatic heterocycles. The van der Waals surface area contributed by atoms with Crippen LogP contribution in [-0.4, -0.2) is 48.5 Å². The minimum atomic E-state index is -4.52. The van der Waals surface area contributed by atoms with Gasteiger partial charge < -0.3 is 20.5 Å². The first-order valence-electron chi connectivity index (χ1n) is 6.04. The Balaban J connectivity index is 2.56. The molecule has 0 saturated heterocycles. The van der Waals surface area contributed by atoms with Gasteiger partial charge in [0.25, 0.3) is 0 Å². The Bertz CT molecular complexity index is 415. The summed E-state index contributed by atoms with van der Waals surface area (Å²) >= 11 is 0. The highest BCUT2D eigenvalue weighted by molar-refractivity contribution is 5.42. The molecule has 9 heteroatoms. The number of alkyl halides is 3. The molecule has 0 unspecified atom stereocenters. The van der Waals surface area contributed by atoms with Gasteiger partial charge in [-0.15, -0.1) is 0 Å². The lowest BCUT2D eigenvalue weighted by Gasteiger charge is -2.11. The van der Waals surface area contributed by atoms with Gasteiger partial charge in [0.2, 0.25) is 5.95 Å². The third-order valence-corrected chi connectivity index (χ3v) is 2.25. The van der Waals surface area contributed by atoms with Crippen LogP contribution < -0.4 is 10.6 Å². The van der Waals surface area contributed by atoms with E-state index in [4.69, 9.17) is 9.84 Å². The van der Waals surface area contributed by atoms with E-state index in [-0.39, 0.29) is 25.0 Å². The second-order valence-electron chi connectivity index (χ2n) is 3.83. The molecule has 1 rings (SSSR count). The molecule has 0 aliphatic carbocycles. The Hall–Kier alpha value is -1.61. The number of hydrogen-bond donors (Lipinski definition) is 3. The Morgan fingerprint density at radius 2 is 2.05 bits per heavy atom. The average Bonchev–Trinajstić information content (AvgIpc) is 2.41. The molecule has 3 N–H and O–H groups in total. The SMILES string of the molecule is CNc1nc(NCCCOCCO)cc(C(F)(F)F)n1. The zero-order valence-electron chi connectivity index (χ0n) is 11.0. The molecule has 0 spiro atoms. The Morgan fingerprint density at radius 3 is 2.65 bits per heavy atom. The summed E-state index contributed by atoms with van der Waals surface area (Å²) < 4.78 is 42.9. The van der Waals surface area contributed by atoms with Crippen LogP contribution in [0.25, 0.3) is 0 Å². The zero-order valence-corrected chi connectivity index (χ0v) is 11.0. The predicted octanol–water partition coefficient (Wildman–Crippen LogP) is 1.35. The third-order valence-electron chi connectivity index (χ3n) is 2.25. The van der Waals surface area contributed by atoms with Gasteiger partial charge in [-0.3, -0.25) is 0 Å². The molecule has 114 valence electrons. The van der Waals surface area contributed by atoms with Crippen molar-refractivity contribution in [2.24, 2.45) is 0 Å². The molecule has 20 heavy (non-hydrogen) atoms. The van der Waals surface area contributed by atoms with Crippen LogP contribution in [0, 0.1) is 0 Å². The van der Waals surface area contributed by atoms with E-state index in [0.717, 1.165) is 6.07 Å². The van der Waals surface area contributed by atoms with Crippen LogP contribution in [0.15, 0.2) is 6.07 Å². The van der Waals surface area contributed by atoms with Crippen molar-refractivity contribution in [1.82, 2.24) is 9.97 Å². The van der Waals surface area contributed by atoms with Crippen LogP contribution in [0.3, 0.4) is 0 Å². The normalized spacial score (nSPS) is 11.4. The van der Waals surface area contributed by atoms with Crippen molar-refractivity contribution in [3.05, 3.63) is 11.8 Å². The van der Waals surface area contributed by atoms with E-state index >= 15 is 0 Å². The molecule has 0 aromatic carbocycles. The fourth-order valence-corrected chi connectivity index (χ4v) is 1.35. The molecule has 0 saturated carbocycles. The first-order valence-corrected chi connectivity index (χ1v) is 6.04. The molecule has 0 atom stereocenters. The summed E-state index contributed by atoms with van der Waals surface area (Å²) in [6, 6.07) is 0.857. The smallest absolute Gasteiger partial charge is 0.394 e. The highest BCUT2D eigenvalue weighted by atomic mass is 19.4. The van der Waals surface area contributed by atoms with Crippen LogP contribution in [0.4, 0.5) is 24.9 Å². The summed E-state index contributed by atoms with van der Waals surface area (Å²) in [6.45, 7) is 1.00. The molecule has 1 aromatic rings. The van der Waals surface area contributed by atoms with Gasteiger partial charge in [-0.1, -0.05) is 0 Å². The lowest BCUT2D eigenvalue weighted by molar-refractivity contribution is -0.141. The van der Waals surface area contributed by atoms with Crippen molar-refractivity contribution < 1.29 is 23.0 Å². The Labute approximate surface area is 114 Å². The molecule has 1 aromatic heterocycles. The topological polar surface area (TPSA) is 79.3 Å². The van der Waals surface area contributed by atoms with Gasteiger partial charge >= 0.3 is 6.18 Å². The number of aliphatic hydroxyl groups excluding tert-OH is 1. The highest BCUT2D eigenvalue weighted by Gasteiger charge is 2.33. The number of nitrogens with one attached hydrogen (secondary N) is 2. The van der Waals surface area contributed by atoms with Crippen molar-refractivity contribution in [2.75, 3.05) is 44.0 Å². The number of hydrogen-bond acceptors (Lipinski definition) is 6. The van der Waals surface area contributed by atoms with Gasteiger partial charge in [0, 0.05) is 26.3 Å². The van der Waals surface area contributed by atoms with Crippen LogP contribution >= 0.6 is 0 Å². The highest BCUT2D eigenvalue weighted by Crippen LogP contribution is 2.29. The van der Waals surface area contributed by atoms with Crippen LogP contribution in [-0.2, 0) is 10.9 Å². The van der Waals surface area contributed by atoms with E-state index in [1.54, 1.807) is 0 Å². The molecule has 1 heterocycles. The maximum atomic E-state index is 12.6. The molecule has 0 fully saturated rings. The van der Waals surface area contributed by atoms with Gasteiger partial charge in [-0.25, -0.2) is 4.98 Å². The Morgan fingerprint density at radius 1 is 1.30 bits per heavy atom. The van der Waals surface area contributed by atoms with Crippen molar-refractivity contribution in [1.29, 1.82) is 0 Å². The van der Waals surface area contributed by atoms with Gasteiger partial charge in [-0.05, 0) is 6.42 Å². The average molecular weight is 294 g/mol. The van der Waals surface area contributed by atoms with Gasteiger partial charge in [0.1, 0.15) is 5.82 Å². The summed E-state index contributed by atoms with van der Waals surface area (Å²) in [5.74, 6) is -0.00214. The number of halogens is 3. The Kier molecular flexibility index (Phi) is 6.46. The first-order chi connectivity index (χ1) is 9.47. The standard InChI is InChI=1S/C11H17F3N4O2/c1-15-10-17-8(11(12,13)14)7-9(18-10)16-3-2-5-20-6-4-19/h7,19H,2-6H2,1H3,(H2,15,16,17,18). The largest absolute Gasteiger partial charge is 0.433 e. The molecular formula is C11H17F3N4O2. The zero-order chi connectivity index (χ0) is 15.0. The quantitative estimate of drug-likeness (QED) is 0.628. The molecule has 6 nitrogen and oxygen atoms in total. The minimum Gasteiger partial charge on any atom is -0.394 e. The second kappa shape index (κ2) is 7.85. The maximum absolute atomic E-state index is 12.6. The van der Waals surface area contributed by atoms with Crippen LogP contribution in [0.5, 0.6) is 0 Å². The molecule has 0 amide bonds. The number of rotatable bonds is 8. The van der Waals surface area contributed by atoms with Gasteiger partial charge in [-0.2, -0.15) is 18.2 Å². The van der Waals surface area contributed by atoms with Crippen molar-refractivity contribution in [3.63, 3.8) is 0 Å². The van der Waals surface area contributed by atoms with E-state index in [0.29, 0.717) is 19.6 Å². The van der Waals surface area contributed by atoms with Crippen LogP contribution in [0.1, 0.15) is 12.1 Å². The summed E-state index contributed by atoms with van der Waals surface area (Å²) in [5, 5.41) is 13.8. The number of nitrogens with zero attached hydrogens (tertiary/aromatic N) is 2. The predicted molar refractivity (Wildman–Crippen MR) is 67.6 cm³/mol. The molecular weight excluding hydrogens is 277 g/mol. The van der Waals surface area contributed by atoms with E-state index in [9.17, 15) is 13.2 Å². The number of anilines is 2. The second-order valence-corrected chi connectivity index (χ2v) is 3.83. The van der Waals surface area contributed by atoms with Gasteiger partial charge in [0.15, 0.2) is 5.69 Å². The summed E-state index contributed by atoms with van der Waals surface area (Å²) in [6.07, 6.45) is -3.94. The molecule has 0 bridgehead atoms. The monoisotopic (exact) mass is 294 g/mol. The maximum Gasteiger partial charge on any atom is 0.433 e. The number of aromatic nitrogens is 2. The van der Waals surface area contributed by atoms with Crippen LogP contribution in [0.2, 0.25) is 0 Å². The first kappa shape index (κ1) is 16.4. The van der Waals surface area contributed by atoms with Gasteiger partial charge in [0.05, 0.1) is 13.2 Å². The van der Waals surface area contributed by atoms with Crippen molar-refractivity contribution in [3.8, 4) is 0 Å². The third kappa shape index (κ3) is 5.57. The molecule has 0 aliphatic rings. The van der Waals surface area contributed by atoms with Crippen molar-refractivity contribution >= 4 is 11.8 Å². The van der Waals surface area contributed by atoms with Crippen molar-refractivity contribution in [2.45, 2.75) is 12.6 Å².